The maximum atomic E-state index is 14.4. The zero-order valence-corrected chi connectivity index (χ0v) is 15.0. The van der Waals surface area contributed by atoms with Crippen LogP contribution in [0.2, 0.25) is 0 Å². The van der Waals surface area contributed by atoms with Gasteiger partial charge in [-0.25, -0.2) is 9.97 Å². The first-order chi connectivity index (χ1) is 13.0. The number of nitrogens with zero attached hydrogens (tertiary/aromatic N) is 3. The van der Waals surface area contributed by atoms with Gasteiger partial charge in [0.15, 0.2) is 5.65 Å². The molecule has 8 heteroatoms. The van der Waals surface area contributed by atoms with Gasteiger partial charge in [-0.3, -0.25) is 5.10 Å². The number of aromatic amines is 1. The summed E-state index contributed by atoms with van der Waals surface area (Å²) >= 11 is 0. The molecular weight excluding hydrogens is 352 g/mol. The van der Waals surface area contributed by atoms with Crippen molar-refractivity contribution in [3.63, 3.8) is 0 Å². The summed E-state index contributed by atoms with van der Waals surface area (Å²) in [7, 11) is 0. The number of aryl methyl sites for hydroxylation is 1. The van der Waals surface area contributed by atoms with Crippen LogP contribution in [-0.4, -0.2) is 38.9 Å². The highest BCUT2D eigenvalue weighted by Crippen LogP contribution is 2.32. The minimum atomic E-state index is -2.99. The molecule has 0 spiro atoms. The van der Waals surface area contributed by atoms with Gasteiger partial charge in [0, 0.05) is 11.6 Å². The highest BCUT2D eigenvalue weighted by Gasteiger charge is 2.35. The number of hydrogen-bond acceptors (Lipinski definition) is 5. The first-order valence-corrected chi connectivity index (χ1v) is 8.98. The number of aromatic nitrogens is 4. The summed E-state index contributed by atoms with van der Waals surface area (Å²) in [5, 5.41) is 10.9. The molecule has 6 nitrogen and oxygen atoms in total. The van der Waals surface area contributed by atoms with Gasteiger partial charge in [0.05, 0.1) is 17.7 Å². The second kappa shape index (κ2) is 7.19. The van der Waals surface area contributed by atoms with Crippen molar-refractivity contribution in [1.82, 2.24) is 20.2 Å². The molecular formula is C19H21F2N5O. The standard InChI is InChI=1S/C19H21F2N5O/c1-12-2-4-13(5-3-12)19(20,21)10-27-15-7-6-14(8-15)25-17-16-9-24-26-18(16)23-11-22-17/h2-5,9,11,14-15H,6-8,10H2,1H3,(H2,22,23,24,25,26)/t14-,15-/m1/s1. The number of H-pyrrole nitrogens is 1. The van der Waals surface area contributed by atoms with Crippen LogP contribution in [0.25, 0.3) is 11.0 Å². The van der Waals surface area contributed by atoms with Crippen LogP contribution in [0.5, 0.6) is 0 Å². The number of nitrogens with one attached hydrogen (secondary N) is 2. The molecule has 0 aliphatic heterocycles. The van der Waals surface area contributed by atoms with Gasteiger partial charge in [-0.2, -0.15) is 13.9 Å². The monoisotopic (exact) mass is 373 g/mol. The van der Waals surface area contributed by atoms with E-state index in [0.29, 0.717) is 17.9 Å². The Bertz CT molecular complexity index is 912. The Morgan fingerprint density at radius 2 is 2.04 bits per heavy atom. The van der Waals surface area contributed by atoms with Crippen molar-refractivity contribution in [3.05, 3.63) is 47.9 Å². The third-order valence-corrected chi connectivity index (χ3v) is 4.95. The Balaban J connectivity index is 1.33. The minimum absolute atomic E-state index is 0.0101. The number of rotatable bonds is 6. The van der Waals surface area contributed by atoms with Gasteiger partial charge >= 0.3 is 0 Å². The fourth-order valence-corrected chi connectivity index (χ4v) is 3.40. The average Bonchev–Trinajstić information content (AvgIpc) is 3.30. The molecule has 2 aromatic heterocycles. The Labute approximate surface area is 155 Å². The minimum Gasteiger partial charge on any atom is -0.371 e. The zero-order chi connectivity index (χ0) is 18.9. The van der Waals surface area contributed by atoms with Crippen LogP contribution in [0.15, 0.2) is 36.8 Å². The molecule has 0 radical (unpaired) electrons. The van der Waals surface area contributed by atoms with Gasteiger partial charge in [0.2, 0.25) is 0 Å². The van der Waals surface area contributed by atoms with Crippen molar-refractivity contribution in [2.24, 2.45) is 0 Å². The lowest BCUT2D eigenvalue weighted by Crippen LogP contribution is -2.25. The molecule has 2 atom stereocenters. The Hall–Kier alpha value is -2.61. The number of fused-ring (bicyclic) bond motifs is 1. The predicted octanol–water partition coefficient (Wildman–Crippen LogP) is 3.80. The van der Waals surface area contributed by atoms with E-state index in [1.54, 1.807) is 18.3 Å². The van der Waals surface area contributed by atoms with E-state index >= 15 is 0 Å². The van der Waals surface area contributed by atoms with E-state index in [2.05, 4.69) is 25.5 Å². The third kappa shape index (κ3) is 3.90. The summed E-state index contributed by atoms with van der Waals surface area (Å²) in [6.45, 7) is 1.27. The van der Waals surface area contributed by atoms with Crippen LogP contribution in [0.1, 0.15) is 30.4 Å². The smallest absolute Gasteiger partial charge is 0.296 e. The summed E-state index contributed by atoms with van der Waals surface area (Å²) < 4.78 is 34.3. The molecule has 1 fully saturated rings. The van der Waals surface area contributed by atoms with Crippen LogP contribution in [0.3, 0.4) is 0 Å². The first kappa shape index (κ1) is 17.8. The largest absolute Gasteiger partial charge is 0.371 e. The quantitative estimate of drug-likeness (QED) is 0.687. The van der Waals surface area contributed by atoms with Crippen LogP contribution < -0.4 is 5.32 Å². The highest BCUT2D eigenvalue weighted by atomic mass is 19.3. The number of alkyl halides is 2. The zero-order valence-electron chi connectivity index (χ0n) is 15.0. The Morgan fingerprint density at radius 3 is 2.85 bits per heavy atom. The fourth-order valence-electron chi connectivity index (χ4n) is 3.40. The van der Waals surface area contributed by atoms with E-state index in [0.717, 1.165) is 23.8 Å². The molecule has 27 heavy (non-hydrogen) atoms. The van der Waals surface area contributed by atoms with Crippen LogP contribution in [-0.2, 0) is 10.7 Å². The maximum absolute atomic E-state index is 14.4. The van der Waals surface area contributed by atoms with Crippen molar-refractivity contribution < 1.29 is 13.5 Å². The lowest BCUT2D eigenvalue weighted by molar-refractivity contribution is -0.103. The van der Waals surface area contributed by atoms with Gasteiger partial charge in [0.25, 0.3) is 5.92 Å². The Kier molecular flexibility index (Phi) is 4.73. The summed E-state index contributed by atoms with van der Waals surface area (Å²) in [6, 6.07) is 6.43. The van der Waals surface area contributed by atoms with E-state index in [1.165, 1.54) is 18.5 Å². The summed E-state index contributed by atoms with van der Waals surface area (Å²) in [4.78, 5) is 8.36. The SMILES string of the molecule is Cc1ccc(C(F)(F)CO[C@@H]2CC[C@@H](Nc3ncnc4[nH]ncc34)C2)cc1. The number of halogens is 2. The van der Waals surface area contributed by atoms with Crippen molar-refractivity contribution >= 4 is 16.9 Å². The van der Waals surface area contributed by atoms with Crippen molar-refractivity contribution in [3.8, 4) is 0 Å². The van der Waals surface area contributed by atoms with Gasteiger partial charge in [-0.05, 0) is 26.2 Å². The summed E-state index contributed by atoms with van der Waals surface area (Å²) in [5.41, 5.74) is 1.61. The van der Waals surface area contributed by atoms with E-state index in [4.69, 9.17) is 4.74 Å². The van der Waals surface area contributed by atoms with Crippen molar-refractivity contribution in [2.45, 2.75) is 44.3 Å². The van der Waals surface area contributed by atoms with Crippen LogP contribution >= 0.6 is 0 Å². The molecule has 4 rings (SSSR count). The summed E-state index contributed by atoms with van der Waals surface area (Å²) in [5.74, 6) is -2.29. The molecule has 1 saturated carbocycles. The normalized spacial score (nSPS) is 20.3. The molecule has 1 aromatic carbocycles. The van der Waals surface area contributed by atoms with E-state index in [1.807, 2.05) is 6.92 Å². The van der Waals surface area contributed by atoms with Crippen molar-refractivity contribution in [1.29, 1.82) is 0 Å². The van der Waals surface area contributed by atoms with Gasteiger partial charge in [0.1, 0.15) is 18.8 Å². The molecule has 3 aromatic rings. The number of benzene rings is 1. The second-order valence-electron chi connectivity index (χ2n) is 7.01. The molecule has 2 N–H and O–H groups in total. The molecule has 0 saturated heterocycles. The molecule has 1 aliphatic carbocycles. The van der Waals surface area contributed by atoms with E-state index in [9.17, 15) is 8.78 Å². The molecule has 0 bridgehead atoms. The molecule has 0 unspecified atom stereocenters. The van der Waals surface area contributed by atoms with E-state index in [-0.39, 0.29) is 17.7 Å². The highest BCUT2D eigenvalue weighted by molar-refractivity contribution is 5.85. The molecule has 1 aliphatic rings. The number of anilines is 1. The van der Waals surface area contributed by atoms with Gasteiger partial charge in [-0.15, -0.1) is 0 Å². The molecule has 142 valence electrons. The van der Waals surface area contributed by atoms with Crippen LogP contribution in [0.4, 0.5) is 14.6 Å². The van der Waals surface area contributed by atoms with E-state index < -0.39 is 12.5 Å². The topological polar surface area (TPSA) is 75.7 Å². The Morgan fingerprint density at radius 1 is 1.22 bits per heavy atom. The maximum Gasteiger partial charge on any atom is 0.296 e. The number of ether oxygens (including phenoxy) is 1. The lowest BCUT2D eigenvalue weighted by atomic mass is 10.1. The first-order valence-electron chi connectivity index (χ1n) is 8.98. The molecule has 0 amide bonds. The van der Waals surface area contributed by atoms with Gasteiger partial charge in [-0.1, -0.05) is 29.8 Å². The lowest BCUT2D eigenvalue weighted by Gasteiger charge is -2.20. The van der Waals surface area contributed by atoms with Gasteiger partial charge < -0.3 is 10.1 Å². The van der Waals surface area contributed by atoms with Crippen LogP contribution in [0, 0.1) is 6.92 Å². The number of hydrogen-bond donors (Lipinski definition) is 2. The third-order valence-electron chi connectivity index (χ3n) is 4.95. The summed E-state index contributed by atoms with van der Waals surface area (Å²) in [6.07, 6.45) is 5.18. The molecule has 2 heterocycles. The fraction of sp³-hybridized carbons (Fsp3) is 0.421. The van der Waals surface area contributed by atoms with Crippen molar-refractivity contribution in [2.75, 3.05) is 11.9 Å². The predicted molar refractivity (Wildman–Crippen MR) is 97.8 cm³/mol. The second-order valence-corrected chi connectivity index (χ2v) is 7.01. The average molecular weight is 373 g/mol.